The number of nitrogens with one attached hydrogen (secondary N) is 2. The van der Waals surface area contributed by atoms with E-state index >= 15 is 0 Å². The maximum atomic E-state index is 12.9. The van der Waals surface area contributed by atoms with Gasteiger partial charge in [-0.05, 0) is 36.4 Å². The van der Waals surface area contributed by atoms with Crippen molar-refractivity contribution in [3.63, 3.8) is 0 Å². The van der Waals surface area contributed by atoms with Gasteiger partial charge in [-0.2, -0.15) is 5.10 Å². The number of hydrogen-bond donors (Lipinski definition) is 2. The molecule has 0 aliphatic rings. The second-order valence-electron chi connectivity index (χ2n) is 6.28. The van der Waals surface area contributed by atoms with E-state index in [1.54, 1.807) is 35.3 Å². The number of halogens is 1. The van der Waals surface area contributed by atoms with Crippen LogP contribution in [0.2, 0.25) is 0 Å². The van der Waals surface area contributed by atoms with Crippen LogP contribution in [-0.4, -0.2) is 34.7 Å². The van der Waals surface area contributed by atoms with Gasteiger partial charge in [-0.25, -0.2) is 9.07 Å². The number of nitrogens with zero attached hydrogens (tertiary/aromatic N) is 2. The summed E-state index contributed by atoms with van der Waals surface area (Å²) >= 11 is 0. The van der Waals surface area contributed by atoms with Gasteiger partial charge in [0, 0.05) is 25.2 Å². The van der Waals surface area contributed by atoms with Crippen molar-refractivity contribution in [1.82, 2.24) is 20.4 Å². The lowest BCUT2D eigenvalue weighted by Crippen LogP contribution is -2.29. The minimum Gasteiger partial charge on any atom is -0.492 e. The van der Waals surface area contributed by atoms with Crippen LogP contribution in [0, 0.1) is 5.82 Å². The van der Waals surface area contributed by atoms with E-state index in [2.05, 4.69) is 15.7 Å². The maximum Gasteiger partial charge on any atom is 0.253 e. The minimum atomic E-state index is -0.332. The fourth-order valence-electron chi connectivity index (χ4n) is 2.63. The third-order valence-electron chi connectivity index (χ3n) is 4.04. The number of carbonyl (C=O) groups excluding carboxylic acids is 2. The molecule has 1 aromatic heterocycles. The number of rotatable bonds is 8. The summed E-state index contributed by atoms with van der Waals surface area (Å²) in [7, 11) is 0. The van der Waals surface area contributed by atoms with Gasteiger partial charge in [-0.15, -0.1) is 0 Å². The number of para-hydroxylation sites is 1. The molecule has 3 rings (SSSR count). The molecule has 2 N–H and O–H groups in total. The molecule has 8 heteroatoms. The molecule has 150 valence electrons. The Morgan fingerprint density at radius 1 is 1.10 bits per heavy atom. The summed E-state index contributed by atoms with van der Waals surface area (Å²) in [6.45, 7) is 2.36. The molecule has 29 heavy (non-hydrogen) atoms. The van der Waals surface area contributed by atoms with Gasteiger partial charge in [0.25, 0.3) is 5.91 Å². The largest absolute Gasteiger partial charge is 0.492 e. The molecule has 0 fully saturated rings. The van der Waals surface area contributed by atoms with Gasteiger partial charge in [0.1, 0.15) is 18.2 Å². The zero-order valence-corrected chi connectivity index (χ0v) is 15.9. The van der Waals surface area contributed by atoms with Crippen molar-refractivity contribution in [3.8, 4) is 11.4 Å². The molecule has 0 spiro atoms. The van der Waals surface area contributed by atoms with Crippen molar-refractivity contribution < 1.29 is 18.7 Å². The van der Waals surface area contributed by atoms with Gasteiger partial charge >= 0.3 is 0 Å². The summed E-state index contributed by atoms with van der Waals surface area (Å²) in [6, 6.07) is 12.8. The number of hydrogen-bond acceptors (Lipinski definition) is 4. The average Bonchev–Trinajstić information content (AvgIpc) is 3.20. The van der Waals surface area contributed by atoms with Crippen molar-refractivity contribution in [2.24, 2.45) is 0 Å². The first kappa shape index (κ1) is 20.1. The van der Waals surface area contributed by atoms with Gasteiger partial charge in [0.05, 0.1) is 24.0 Å². The maximum absolute atomic E-state index is 12.9. The van der Waals surface area contributed by atoms with E-state index in [0.717, 1.165) is 5.56 Å². The lowest BCUT2D eigenvalue weighted by molar-refractivity contribution is -0.119. The number of ether oxygens (including phenoxy) is 1. The van der Waals surface area contributed by atoms with E-state index in [4.69, 9.17) is 4.74 Å². The van der Waals surface area contributed by atoms with Crippen molar-refractivity contribution in [2.75, 3.05) is 13.2 Å². The Kier molecular flexibility index (Phi) is 6.57. The third-order valence-corrected chi connectivity index (χ3v) is 4.04. The highest BCUT2D eigenvalue weighted by Crippen LogP contribution is 2.15. The van der Waals surface area contributed by atoms with E-state index in [9.17, 15) is 14.0 Å². The molecule has 1 heterocycles. The Morgan fingerprint density at radius 3 is 2.62 bits per heavy atom. The molecule has 0 aliphatic heterocycles. The summed E-state index contributed by atoms with van der Waals surface area (Å²) in [5.41, 5.74) is 1.91. The second kappa shape index (κ2) is 9.50. The van der Waals surface area contributed by atoms with Crippen LogP contribution in [0.5, 0.6) is 5.75 Å². The first-order valence-electron chi connectivity index (χ1n) is 9.07. The summed E-state index contributed by atoms with van der Waals surface area (Å²) in [5.74, 6) is -0.187. The summed E-state index contributed by atoms with van der Waals surface area (Å²) in [4.78, 5) is 23.7. The smallest absolute Gasteiger partial charge is 0.253 e. The van der Waals surface area contributed by atoms with Crippen LogP contribution in [0.25, 0.3) is 5.69 Å². The number of benzene rings is 2. The quantitative estimate of drug-likeness (QED) is 0.573. The predicted octanol–water partition coefficient (Wildman–Crippen LogP) is 2.46. The van der Waals surface area contributed by atoms with E-state index in [1.807, 2.05) is 6.07 Å². The first-order valence-corrected chi connectivity index (χ1v) is 9.07. The molecule has 2 amide bonds. The molecule has 0 radical (unpaired) electrons. The lowest BCUT2D eigenvalue weighted by Gasteiger charge is -2.11. The van der Waals surface area contributed by atoms with Crippen LogP contribution < -0.4 is 15.4 Å². The standard InChI is InChI=1S/C21H21FN4O3/c1-15(27)24-12-16-13-25-26(14-16)20-5-3-2-4-19(20)21(28)23-10-11-29-18-8-6-17(22)7-9-18/h2-9,13-14H,10-12H2,1H3,(H,23,28)(H,24,27). The van der Waals surface area contributed by atoms with Gasteiger partial charge in [-0.3, -0.25) is 9.59 Å². The molecule has 0 saturated carbocycles. The van der Waals surface area contributed by atoms with Crippen LogP contribution in [-0.2, 0) is 11.3 Å². The van der Waals surface area contributed by atoms with E-state index in [1.165, 1.54) is 31.2 Å². The van der Waals surface area contributed by atoms with Gasteiger partial charge in [0.15, 0.2) is 0 Å². The van der Waals surface area contributed by atoms with Crippen LogP contribution >= 0.6 is 0 Å². The molecule has 0 aliphatic carbocycles. The molecule has 2 aromatic carbocycles. The van der Waals surface area contributed by atoms with E-state index < -0.39 is 0 Å². The number of aromatic nitrogens is 2. The Bertz CT molecular complexity index is 986. The molecule has 0 atom stereocenters. The van der Waals surface area contributed by atoms with Crippen molar-refractivity contribution >= 4 is 11.8 Å². The summed E-state index contributed by atoms with van der Waals surface area (Å²) in [6.07, 6.45) is 3.40. The number of amides is 2. The van der Waals surface area contributed by atoms with E-state index in [0.29, 0.717) is 23.5 Å². The molecule has 0 saturated heterocycles. The predicted molar refractivity (Wildman–Crippen MR) is 105 cm³/mol. The molecule has 7 nitrogen and oxygen atoms in total. The fourth-order valence-corrected chi connectivity index (χ4v) is 2.63. The molecule has 3 aromatic rings. The highest BCUT2D eigenvalue weighted by Gasteiger charge is 2.13. The fraction of sp³-hybridized carbons (Fsp3) is 0.190. The van der Waals surface area contributed by atoms with Gasteiger partial charge in [-0.1, -0.05) is 12.1 Å². The summed E-state index contributed by atoms with van der Waals surface area (Å²) in [5, 5.41) is 9.79. The molecule has 0 bridgehead atoms. The lowest BCUT2D eigenvalue weighted by atomic mass is 10.1. The Hall–Kier alpha value is -3.68. The molecule has 0 unspecified atom stereocenters. The topological polar surface area (TPSA) is 85.2 Å². The average molecular weight is 396 g/mol. The Labute approximate surface area is 167 Å². The minimum absolute atomic E-state index is 0.125. The van der Waals surface area contributed by atoms with Crippen molar-refractivity contribution in [2.45, 2.75) is 13.5 Å². The van der Waals surface area contributed by atoms with Crippen LogP contribution in [0.15, 0.2) is 60.9 Å². The zero-order valence-electron chi connectivity index (χ0n) is 15.9. The van der Waals surface area contributed by atoms with Crippen LogP contribution in [0.4, 0.5) is 4.39 Å². The van der Waals surface area contributed by atoms with E-state index in [-0.39, 0.29) is 30.8 Å². The normalized spacial score (nSPS) is 10.4. The zero-order chi connectivity index (χ0) is 20.6. The van der Waals surface area contributed by atoms with Gasteiger partial charge < -0.3 is 15.4 Å². The van der Waals surface area contributed by atoms with Crippen molar-refractivity contribution in [3.05, 3.63) is 77.9 Å². The Morgan fingerprint density at radius 2 is 1.86 bits per heavy atom. The highest BCUT2D eigenvalue weighted by atomic mass is 19.1. The molecular formula is C21H21FN4O3. The Balaban J connectivity index is 1.60. The molecular weight excluding hydrogens is 375 g/mol. The highest BCUT2D eigenvalue weighted by molar-refractivity contribution is 5.97. The third kappa shape index (κ3) is 5.65. The summed E-state index contributed by atoms with van der Waals surface area (Å²) < 4.78 is 20.0. The second-order valence-corrected chi connectivity index (χ2v) is 6.28. The monoisotopic (exact) mass is 396 g/mol. The first-order chi connectivity index (χ1) is 14.0. The number of carbonyl (C=O) groups is 2. The van der Waals surface area contributed by atoms with Crippen molar-refractivity contribution in [1.29, 1.82) is 0 Å². The van der Waals surface area contributed by atoms with Gasteiger partial charge in [0.2, 0.25) is 5.91 Å². The van der Waals surface area contributed by atoms with Crippen LogP contribution in [0.3, 0.4) is 0 Å². The van der Waals surface area contributed by atoms with Crippen LogP contribution in [0.1, 0.15) is 22.8 Å². The SMILES string of the molecule is CC(=O)NCc1cnn(-c2ccccc2C(=O)NCCOc2ccc(F)cc2)c1.